The summed E-state index contributed by atoms with van der Waals surface area (Å²) in [7, 11) is 0. The Bertz CT molecular complexity index is 573. The number of hydrogen-bond acceptors (Lipinski definition) is 4. The van der Waals surface area contributed by atoms with Crippen LogP contribution in [0.15, 0.2) is 34.9 Å². The molecule has 0 aliphatic rings. The molecule has 6 nitrogen and oxygen atoms in total. The molecule has 1 heterocycles. The van der Waals surface area contributed by atoms with E-state index in [9.17, 15) is 9.59 Å². The van der Waals surface area contributed by atoms with Crippen LogP contribution in [-0.4, -0.2) is 27.3 Å². The Balaban J connectivity index is 2.64. The second kappa shape index (κ2) is 4.09. The Hall–Kier alpha value is -2.63. The van der Waals surface area contributed by atoms with Crippen LogP contribution in [0, 0.1) is 0 Å². The van der Waals surface area contributed by atoms with Crippen molar-refractivity contribution in [2.75, 3.05) is 0 Å². The fourth-order valence-electron chi connectivity index (χ4n) is 1.43. The summed E-state index contributed by atoms with van der Waals surface area (Å²) in [5, 5.41) is 21.3. The molecule has 6 heteroatoms. The van der Waals surface area contributed by atoms with Crippen LogP contribution in [0.2, 0.25) is 0 Å². The summed E-state index contributed by atoms with van der Waals surface area (Å²) in [6, 6.07) is 8.38. The summed E-state index contributed by atoms with van der Waals surface area (Å²) >= 11 is 0. The maximum Gasteiger partial charge on any atom is 0.375 e. The highest BCUT2D eigenvalue weighted by molar-refractivity contribution is 6.04. The Labute approximate surface area is 95.1 Å². The average molecular weight is 233 g/mol. The van der Waals surface area contributed by atoms with E-state index in [4.69, 9.17) is 10.2 Å². The van der Waals surface area contributed by atoms with Crippen LogP contribution in [-0.2, 0) is 0 Å². The fraction of sp³-hybridized carbons (Fsp3) is 0. The zero-order chi connectivity index (χ0) is 12.4. The number of aromatic nitrogens is 1. The summed E-state index contributed by atoms with van der Waals surface area (Å²) in [5.41, 5.74) is 0.0559. The van der Waals surface area contributed by atoms with Gasteiger partial charge in [0.25, 0.3) is 5.76 Å². The van der Waals surface area contributed by atoms with E-state index in [0.29, 0.717) is 5.56 Å². The van der Waals surface area contributed by atoms with Crippen molar-refractivity contribution in [1.82, 2.24) is 5.16 Å². The lowest BCUT2D eigenvalue weighted by atomic mass is 10.1. The lowest BCUT2D eigenvalue weighted by Gasteiger charge is -1.96. The largest absolute Gasteiger partial charge is 0.477 e. The van der Waals surface area contributed by atoms with Gasteiger partial charge in [0, 0.05) is 5.56 Å². The van der Waals surface area contributed by atoms with Gasteiger partial charge in [-0.15, -0.1) is 0 Å². The van der Waals surface area contributed by atoms with E-state index in [1.54, 1.807) is 30.3 Å². The van der Waals surface area contributed by atoms with Gasteiger partial charge in [0.2, 0.25) is 0 Å². The SMILES string of the molecule is O=C(O)c1onc(-c2ccccc2)c1C(=O)O. The van der Waals surface area contributed by atoms with E-state index < -0.39 is 23.3 Å². The molecule has 1 aromatic carbocycles. The topological polar surface area (TPSA) is 101 Å². The monoisotopic (exact) mass is 233 g/mol. The Morgan fingerprint density at radius 3 is 2.24 bits per heavy atom. The van der Waals surface area contributed by atoms with E-state index in [2.05, 4.69) is 9.68 Å². The smallest absolute Gasteiger partial charge is 0.375 e. The first-order chi connectivity index (χ1) is 8.11. The van der Waals surface area contributed by atoms with Crippen molar-refractivity contribution >= 4 is 11.9 Å². The number of rotatable bonds is 3. The molecule has 0 fully saturated rings. The Morgan fingerprint density at radius 1 is 1.06 bits per heavy atom. The lowest BCUT2D eigenvalue weighted by molar-refractivity contribution is 0.0619. The molecule has 2 N–H and O–H groups in total. The Kier molecular flexibility index (Phi) is 2.61. The van der Waals surface area contributed by atoms with Gasteiger partial charge in [-0.3, -0.25) is 0 Å². The van der Waals surface area contributed by atoms with Crippen LogP contribution in [0.25, 0.3) is 11.3 Å². The van der Waals surface area contributed by atoms with E-state index in [-0.39, 0.29) is 5.69 Å². The highest BCUT2D eigenvalue weighted by Crippen LogP contribution is 2.25. The molecule has 0 unspecified atom stereocenters. The average Bonchev–Trinajstić information content (AvgIpc) is 2.74. The van der Waals surface area contributed by atoms with Gasteiger partial charge in [-0.05, 0) is 0 Å². The summed E-state index contributed by atoms with van der Waals surface area (Å²) in [4.78, 5) is 21.8. The van der Waals surface area contributed by atoms with Crippen LogP contribution >= 0.6 is 0 Å². The van der Waals surface area contributed by atoms with E-state index in [0.717, 1.165) is 0 Å². The van der Waals surface area contributed by atoms with Gasteiger partial charge < -0.3 is 14.7 Å². The number of carboxylic acids is 2. The van der Waals surface area contributed by atoms with Crippen LogP contribution in [0.4, 0.5) is 0 Å². The number of nitrogens with zero attached hydrogens (tertiary/aromatic N) is 1. The predicted molar refractivity (Wildman–Crippen MR) is 55.9 cm³/mol. The molecule has 0 saturated heterocycles. The Morgan fingerprint density at radius 2 is 1.71 bits per heavy atom. The standard InChI is InChI=1S/C11H7NO5/c13-10(14)7-8(6-4-2-1-3-5-6)12-17-9(7)11(15)16/h1-5H,(H,13,14)(H,15,16). The third-order valence-corrected chi connectivity index (χ3v) is 2.15. The van der Waals surface area contributed by atoms with Crippen molar-refractivity contribution in [2.45, 2.75) is 0 Å². The first-order valence-corrected chi connectivity index (χ1v) is 4.63. The van der Waals surface area contributed by atoms with Crippen molar-refractivity contribution < 1.29 is 24.3 Å². The van der Waals surface area contributed by atoms with Crippen molar-refractivity contribution in [3.8, 4) is 11.3 Å². The van der Waals surface area contributed by atoms with Crippen LogP contribution in [0.1, 0.15) is 20.9 Å². The zero-order valence-electron chi connectivity index (χ0n) is 8.45. The second-order valence-electron chi connectivity index (χ2n) is 3.21. The summed E-state index contributed by atoms with van der Waals surface area (Å²) in [6.45, 7) is 0. The molecule has 0 atom stereocenters. The molecule has 0 aliphatic carbocycles. The minimum absolute atomic E-state index is 0.00972. The van der Waals surface area contributed by atoms with Crippen LogP contribution in [0.3, 0.4) is 0 Å². The highest BCUT2D eigenvalue weighted by Gasteiger charge is 2.27. The van der Waals surface area contributed by atoms with Crippen molar-refractivity contribution in [3.05, 3.63) is 41.7 Å². The van der Waals surface area contributed by atoms with E-state index in [1.807, 2.05) is 0 Å². The van der Waals surface area contributed by atoms with Gasteiger partial charge in [0.1, 0.15) is 11.3 Å². The zero-order valence-corrected chi connectivity index (χ0v) is 8.45. The maximum atomic E-state index is 11.0. The van der Waals surface area contributed by atoms with Crippen LogP contribution < -0.4 is 0 Å². The fourth-order valence-corrected chi connectivity index (χ4v) is 1.43. The normalized spacial score (nSPS) is 10.1. The van der Waals surface area contributed by atoms with E-state index >= 15 is 0 Å². The van der Waals surface area contributed by atoms with Gasteiger partial charge in [-0.25, -0.2) is 9.59 Å². The molecule has 0 radical (unpaired) electrons. The maximum absolute atomic E-state index is 11.0. The van der Waals surface area contributed by atoms with Crippen LogP contribution in [0.5, 0.6) is 0 Å². The van der Waals surface area contributed by atoms with Crippen molar-refractivity contribution in [3.63, 3.8) is 0 Å². The summed E-state index contributed by atoms with van der Waals surface area (Å²) in [5.74, 6) is -3.52. The molecule has 0 amide bonds. The molecule has 0 aliphatic heterocycles. The minimum Gasteiger partial charge on any atom is -0.477 e. The molecular formula is C11H7NO5. The van der Waals surface area contributed by atoms with Crippen molar-refractivity contribution in [2.24, 2.45) is 0 Å². The number of carboxylic acid groups (broad SMARTS) is 2. The third kappa shape index (κ3) is 1.87. The molecular weight excluding hydrogens is 226 g/mol. The molecule has 2 aromatic rings. The lowest BCUT2D eigenvalue weighted by Crippen LogP contribution is -2.05. The molecule has 0 bridgehead atoms. The molecule has 0 spiro atoms. The van der Waals surface area contributed by atoms with Gasteiger partial charge in [0.15, 0.2) is 0 Å². The molecule has 86 valence electrons. The quantitative estimate of drug-likeness (QED) is 0.837. The van der Waals surface area contributed by atoms with Gasteiger partial charge in [-0.2, -0.15) is 0 Å². The van der Waals surface area contributed by atoms with Gasteiger partial charge in [-0.1, -0.05) is 35.5 Å². The van der Waals surface area contributed by atoms with Crippen molar-refractivity contribution in [1.29, 1.82) is 0 Å². The first-order valence-electron chi connectivity index (χ1n) is 4.63. The molecule has 0 saturated carbocycles. The number of hydrogen-bond donors (Lipinski definition) is 2. The predicted octanol–water partition coefficient (Wildman–Crippen LogP) is 1.74. The first kappa shape index (κ1) is 10.9. The summed E-state index contributed by atoms with van der Waals surface area (Å²) in [6.07, 6.45) is 0. The number of carbonyl (C=O) groups is 2. The van der Waals surface area contributed by atoms with Gasteiger partial charge in [0.05, 0.1) is 0 Å². The number of aromatic carboxylic acids is 2. The van der Waals surface area contributed by atoms with E-state index in [1.165, 1.54) is 0 Å². The number of benzene rings is 1. The molecule has 17 heavy (non-hydrogen) atoms. The summed E-state index contributed by atoms with van der Waals surface area (Å²) < 4.78 is 4.54. The highest BCUT2D eigenvalue weighted by atomic mass is 16.5. The molecule has 2 rings (SSSR count). The minimum atomic E-state index is -1.46. The second-order valence-corrected chi connectivity index (χ2v) is 3.21. The van der Waals surface area contributed by atoms with Gasteiger partial charge >= 0.3 is 11.9 Å². The molecule has 1 aromatic heterocycles. The third-order valence-electron chi connectivity index (χ3n) is 2.15.